The van der Waals surface area contributed by atoms with E-state index in [0.29, 0.717) is 11.3 Å². The molecule has 0 amide bonds. The van der Waals surface area contributed by atoms with Gasteiger partial charge in [-0.1, -0.05) is 19.1 Å². The first-order valence-electron chi connectivity index (χ1n) is 6.73. The Kier molecular flexibility index (Phi) is 4.40. The molecule has 0 bridgehead atoms. The number of aromatic nitrogens is 2. The number of nitrogens with zero attached hydrogens (tertiary/aromatic N) is 2. The smallest absolute Gasteiger partial charge is 0.340 e. The summed E-state index contributed by atoms with van der Waals surface area (Å²) in [7, 11) is 0. The molecule has 0 fully saturated rings. The van der Waals surface area contributed by atoms with E-state index >= 15 is 0 Å². The Morgan fingerprint density at radius 3 is 2.75 bits per heavy atom. The molecule has 0 aliphatic rings. The Bertz CT molecular complexity index is 605. The van der Waals surface area contributed by atoms with E-state index < -0.39 is 5.97 Å². The summed E-state index contributed by atoms with van der Waals surface area (Å²) in [4.78, 5) is 12.0. The van der Waals surface area contributed by atoms with Gasteiger partial charge >= 0.3 is 5.97 Å². The summed E-state index contributed by atoms with van der Waals surface area (Å²) in [5.41, 5.74) is 8.47. The molecule has 0 radical (unpaired) electrons. The maximum Gasteiger partial charge on any atom is 0.340 e. The number of nitrogen functional groups attached to an aromatic ring is 1. The van der Waals surface area contributed by atoms with Crippen molar-refractivity contribution in [1.82, 2.24) is 9.78 Å². The number of aryl methyl sites for hydroxylation is 2. The van der Waals surface area contributed by atoms with Gasteiger partial charge in [0.05, 0.1) is 17.0 Å². The van der Waals surface area contributed by atoms with Gasteiger partial charge in [0.2, 0.25) is 0 Å². The molecule has 0 saturated heterocycles. The van der Waals surface area contributed by atoms with Gasteiger partial charge in [-0.05, 0) is 31.5 Å². The van der Waals surface area contributed by atoms with Crippen LogP contribution in [0.2, 0.25) is 0 Å². The first kappa shape index (κ1) is 14.1. The Balaban J connectivity index is 2.07. The standard InChI is InChI=1S/C15H19N3O2/c1-3-11-9-12(18(4-2)17-11)10-20-15(19)13-7-5-6-8-14(13)16/h5-9H,3-4,10,16H2,1-2H3. The van der Waals surface area contributed by atoms with Crippen molar-refractivity contribution in [3.8, 4) is 0 Å². The second-order valence-corrected chi connectivity index (χ2v) is 4.46. The minimum Gasteiger partial charge on any atom is -0.456 e. The van der Waals surface area contributed by atoms with Gasteiger partial charge in [-0.2, -0.15) is 5.10 Å². The lowest BCUT2D eigenvalue weighted by Crippen LogP contribution is -2.11. The molecule has 5 heteroatoms. The van der Waals surface area contributed by atoms with Crippen molar-refractivity contribution in [3.05, 3.63) is 47.3 Å². The highest BCUT2D eigenvalue weighted by atomic mass is 16.5. The van der Waals surface area contributed by atoms with Gasteiger partial charge in [-0.15, -0.1) is 0 Å². The SMILES string of the molecule is CCc1cc(COC(=O)c2ccccc2N)n(CC)n1. The number of ether oxygens (including phenoxy) is 1. The van der Waals surface area contributed by atoms with E-state index in [1.54, 1.807) is 24.3 Å². The van der Waals surface area contributed by atoms with Crippen LogP contribution in [0, 0.1) is 0 Å². The molecule has 2 aromatic rings. The molecular formula is C15H19N3O2. The van der Waals surface area contributed by atoms with Crippen molar-refractivity contribution in [3.63, 3.8) is 0 Å². The molecule has 0 aliphatic heterocycles. The van der Waals surface area contributed by atoms with Crippen molar-refractivity contribution in [1.29, 1.82) is 0 Å². The van der Waals surface area contributed by atoms with E-state index in [1.807, 2.05) is 24.6 Å². The monoisotopic (exact) mass is 273 g/mol. The van der Waals surface area contributed by atoms with Gasteiger partial charge in [0.15, 0.2) is 0 Å². The zero-order valence-corrected chi connectivity index (χ0v) is 11.8. The summed E-state index contributed by atoms with van der Waals surface area (Å²) in [5.74, 6) is -0.412. The average molecular weight is 273 g/mol. The van der Waals surface area contributed by atoms with Crippen molar-refractivity contribution in [2.45, 2.75) is 33.4 Å². The highest BCUT2D eigenvalue weighted by molar-refractivity contribution is 5.94. The third kappa shape index (κ3) is 2.99. The van der Waals surface area contributed by atoms with Crippen molar-refractivity contribution in [2.75, 3.05) is 5.73 Å². The third-order valence-corrected chi connectivity index (χ3v) is 3.11. The molecule has 1 heterocycles. The van der Waals surface area contributed by atoms with E-state index in [1.165, 1.54) is 0 Å². The lowest BCUT2D eigenvalue weighted by atomic mass is 10.2. The lowest BCUT2D eigenvalue weighted by molar-refractivity contribution is 0.0463. The fourth-order valence-electron chi connectivity index (χ4n) is 1.98. The number of esters is 1. The Hall–Kier alpha value is -2.30. The minimum atomic E-state index is -0.412. The molecule has 0 spiro atoms. The molecule has 20 heavy (non-hydrogen) atoms. The number of hydrogen-bond donors (Lipinski definition) is 1. The second kappa shape index (κ2) is 6.23. The number of anilines is 1. The number of carbonyl (C=O) groups is 1. The van der Waals surface area contributed by atoms with Gasteiger partial charge in [0.25, 0.3) is 0 Å². The van der Waals surface area contributed by atoms with E-state index in [2.05, 4.69) is 5.10 Å². The summed E-state index contributed by atoms with van der Waals surface area (Å²) in [6.45, 7) is 5.00. The van der Waals surface area contributed by atoms with Crippen molar-refractivity contribution >= 4 is 11.7 Å². The molecular weight excluding hydrogens is 254 g/mol. The van der Waals surface area contributed by atoms with Crippen LogP contribution < -0.4 is 5.73 Å². The van der Waals surface area contributed by atoms with E-state index in [-0.39, 0.29) is 6.61 Å². The minimum absolute atomic E-state index is 0.202. The maximum atomic E-state index is 12.0. The number of rotatable bonds is 5. The maximum absolute atomic E-state index is 12.0. The van der Waals surface area contributed by atoms with Crippen LogP contribution in [0.15, 0.2) is 30.3 Å². The first-order valence-corrected chi connectivity index (χ1v) is 6.73. The highest BCUT2D eigenvalue weighted by Crippen LogP contribution is 2.14. The molecule has 1 aromatic heterocycles. The van der Waals surface area contributed by atoms with Gasteiger partial charge in [-0.25, -0.2) is 4.79 Å². The number of para-hydroxylation sites is 1. The quantitative estimate of drug-likeness (QED) is 0.671. The lowest BCUT2D eigenvalue weighted by Gasteiger charge is -2.07. The van der Waals surface area contributed by atoms with Crippen molar-refractivity contribution < 1.29 is 9.53 Å². The zero-order chi connectivity index (χ0) is 14.5. The third-order valence-electron chi connectivity index (χ3n) is 3.11. The molecule has 1 aromatic carbocycles. The molecule has 0 atom stereocenters. The van der Waals surface area contributed by atoms with E-state index in [0.717, 1.165) is 24.4 Å². The predicted octanol–water partition coefficient (Wildman–Crippen LogP) is 2.40. The molecule has 5 nitrogen and oxygen atoms in total. The van der Waals surface area contributed by atoms with Gasteiger partial charge < -0.3 is 10.5 Å². The number of benzene rings is 1. The molecule has 106 valence electrons. The number of carbonyl (C=O) groups excluding carboxylic acids is 1. The predicted molar refractivity (Wildman–Crippen MR) is 77.3 cm³/mol. The summed E-state index contributed by atoms with van der Waals surface area (Å²) >= 11 is 0. The van der Waals surface area contributed by atoms with E-state index in [9.17, 15) is 4.79 Å². The van der Waals surface area contributed by atoms with Gasteiger partial charge in [-0.3, -0.25) is 4.68 Å². The van der Waals surface area contributed by atoms with Crippen LogP contribution in [-0.4, -0.2) is 15.7 Å². The zero-order valence-electron chi connectivity index (χ0n) is 11.8. The van der Waals surface area contributed by atoms with Gasteiger partial charge in [0.1, 0.15) is 6.61 Å². The van der Waals surface area contributed by atoms with Crippen LogP contribution in [0.1, 0.15) is 35.6 Å². The van der Waals surface area contributed by atoms with Crippen LogP contribution in [0.25, 0.3) is 0 Å². The second-order valence-electron chi connectivity index (χ2n) is 4.46. The fraction of sp³-hybridized carbons (Fsp3) is 0.333. The molecule has 0 saturated carbocycles. The Morgan fingerprint density at radius 2 is 2.10 bits per heavy atom. The van der Waals surface area contributed by atoms with Crippen LogP contribution in [0.5, 0.6) is 0 Å². The summed E-state index contributed by atoms with van der Waals surface area (Å²) < 4.78 is 7.16. The Labute approximate surface area is 118 Å². The number of hydrogen-bond acceptors (Lipinski definition) is 4. The highest BCUT2D eigenvalue weighted by Gasteiger charge is 2.12. The van der Waals surface area contributed by atoms with Crippen LogP contribution in [0.4, 0.5) is 5.69 Å². The Morgan fingerprint density at radius 1 is 1.35 bits per heavy atom. The summed E-state index contributed by atoms with van der Waals surface area (Å²) in [6, 6.07) is 8.85. The fourth-order valence-corrected chi connectivity index (χ4v) is 1.98. The first-order chi connectivity index (χ1) is 9.65. The molecule has 2 rings (SSSR count). The van der Waals surface area contributed by atoms with Gasteiger partial charge in [0, 0.05) is 12.2 Å². The number of nitrogens with two attached hydrogens (primary N) is 1. The van der Waals surface area contributed by atoms with Crippen LogP contribution >= 0.6 is 0 Å². The normalized spacial score (nSPS) is 10.5. The summed E-state index contributed by atoms with van der Waals surface area (Å²) in [6.07, 6.45) is 0.861. The molecule has 2 N–H and O–H groups in total. The summed E-state index contributed by atoms with van der Waals surface area (Å²) in [5, 5.41) is 4.42. The molecule has 0 aliphatic carbocycles. The van der Waals surface area contributed by atoms with Crippen LogP contribution in [-0.2, 0) is 24.3 Å². The van der Waals surface area contributed by atoms with E-state index in [4.69, 9.17) is 10.5 Å². The largest absolute Gasteiger partial charge is 0.456 e. The average Bonchev–Trinajstić information content (AvgIpc) is 2.87. The topological polar surface area (TPSA) is 70.1 Å². The van der Waals surface area contributed by atoms with Crippen molar-refractivity contribution in [2.24, 2.45) is 0 Å². The van der Waals surface area contributed by atoms with Crippen LogP contribution in [0.3, 0.4) is 0 Å². The molecule has 0 unspecified atom stereocenters.